The van der Waals surface area contributed by atoms with Gasteiger partial charge in [-0.25, -0.2) is 9.97 Å². The number of nitrogens with one attached hydrogen (secondary N) is 3. The number of carbonyl (C=O) groups excluding carboxylic acids is 5. The lowest BCUT2D eigenvalue weighted by molar-refractivity contribution is -0.140. The zero-order valence-electron chi connectivity index (χ0n) is 38.6. The van der Waals surface area contributed by atoms with E-state index in [0.717, 1.165) is 93.0 Å². The summed E-state index contributed by atoms with van der Waals surface area (Å²) >= 11 is 0. The molecular formula is C48H66N12O5. The number of hydrogen-bond acceptors (Lipinski definition) is 15. The van der Waals surface area contributed by atoms with Gasteiger partial charge in [-0.2, -0.15) is 5.26 Å². The number of anilines is 4. The zero-order valence-corrected chi connectivity index (χ0v) is 38.6. The molecule has 4 heterocycles. The van der Waals surface area contributed by atoms with Crippen LogP contribution in [0.15, 0.2) is 61.1 Å². The van der Waals surface area contributed by atoms with E-state index in [0.29, 0.717) is 16.7 Å². The molecule has 0 radical (unpaired) electrons. The molecular weight excluding hydrogens is 825 g/mol. The van der Waals surface area contributed by atoms with Crippen LogP contribution in [0.4, 0.5) is 23.0 Å². The molecule has 2 unspecified atom stereocenters. The summed E-state index contributed by atoms with van der Waals surface area (Å²) in [6, 6.07) is 16.4. The molecule has 6 rings (SSSR count). The topological polar surface area (TPSA) is 200 Å². The monoisotopic (exact) mass is 891 g/mol. The Morgan fingerprint density at radius 2 is 1.65 bits per heavy atom. The molecule has 2 fully saturated rings. The van der Waals surface area contributed by atoms with Crippen LogP contribution in [-0.2, 0) is 24.0 Å². The summed E-state index contributed by atoms with van der Waals surface area (Å²) in [6.45, 7) is 18.7. The Bertz CT molecular complexity index is 2150. The molecule has 2 aliphatic rings. The van der Waals surface area contributed by atoms with Crippen LogP contribution in [0.3, 0.4) is 0 Å². The van der Waals surface area contributed by atoms with E-state index < -0.39 is 11.9 Å². The number of hydrogen-bond donors (Lipinski definition) is 3. The minimum Gasteiger partial charge on any atom is -0.381 e. The molecule has 348 valence electrons. The fraction of sp³-hybridized carbons (Fsp3) is 0.479. The van der Waals surface area contributed by atoms with Crippen LogP contribution in [0.5, 0.6) is 0 Å². The highest BCUT2D eigenvalue weighted by Crippen LogP contribution is 2.30. The Kier molecular flexibility index (Phi) is 21.2. The van der Waals surface area contributed by atoms with Crippen molar-refractivity contribution in [2.45, 2.75) is 65.0 Å². The van der Waals surface area contributed by atoms with Crippen molar-refractivity contribution in [2.24, 2.45) is 5.92 Å². The third-order valence-electron chi connectivity index (χ3n) is 12.2. The Balaban J connectivity index is 0.000000496. The van der Waals surface area contributed by atoms with E-state index in [1.807, 2.05) is 44.4 Å². The van der Waals surface area contributed by atoms with Crippen molar-refractivity contribution in [3.63, 3.8) is 0 Å². The Morgan fingerprint density at radius 1 is 0.938 bits per heavy atom. The van der Waals surface area contributed by atoms with Crippen LogP contribution < -0.4 is 30.7 Å². The van der Waals surface area contributed by atoms with Gasteiger partial charge in [0.05, 0.1) is 29.2 Å². The Labute approximate surface area is 383 Å². The molecule has 0 aliphatic carbocycles. The van der Waals surface area contributed by atoms with Gasteiger partial charge in [-0.05, 0) is 113 Å². The molecule has 0 saturated carbocycles. The summed E-state index contributed by atoms with van der Waals surface area (Å²) in [5, 5.41) is 19.8. The first kappa shape index (κ1) is 51.1. The van der Waals surface area contributed by atoms with Gasteiger partial charge in [-0.1, -0.05) is 6.07 Å². The third-order valence-corrected chi connectivity index (χ3v) is 12.2. The quantitative estimate of drug-likeness (QED) is 0.108. The van der Waals surface area contributed by atoms with Gasteiger partial charge in [0.25, 0.3) is 0 Å². The number of carbonyl (C=O) groups is 5. The smallest absolute Gasteiger partial charge is 0.243 e. The van der Waals surface area contributed by atoms with Gasteiger partial charge >= 0.3 is 0 Å². The molecule has 2 aromatic carbocycles. The fourth-order valence-electron chi connectivity index (χ4n) is 8.30. The Morgan fingerprint density at radius 3 is 2.26 bits per heavy atom. The molecule has 2 aromatic heterocycles. The summed E-state index contributed by atoms with van der Waals surface area (Å²) < 4.78 is 0. The lowest BCUT2D eigenvalue weighted by atomic mass is 9.93. The van der Waals surface area contributed by atoms with E-state index >= 15 is 0 Å². The van der Waals surface area contributed by atoms with Crippen molar-refractivity contribution in [2.75, 3.05) is 99.6 Å². The molecule has 4 aromatic rings. The highest BCUT2D eigenvalue weighted by Gasteiger charge is 2.25. The highest BCUT2D eigenvalue weighted by molar-refractivity contribution is 5.95. The maximum Gasteiger partial charge on any atom is 0.243 e. The summed E-state index contributed by atoms with van der Waals surface area (Å²) in [5.74, 6) is 1.13. The maximum atomic E-state index is 11.2. The van der Waals surface area contributed by atoms with Crippen molar-refractivity contribution in [1.82, 2.24) is 35.4 Å². The number of piperidine rings is 1. The van der Waals surface area contributed by atoms with E-state index in [1.165, 1.54) is 49.7 Å². The molecule has 17 heteroatoms. The average Bonchev–Trinajstić information content (AvgIpc) is 3.35. The van der Waals surface area contributed by atoms with Gasteiger partial charge in [0.15, 0.2) is 0 Å². The number of fused-ring (bicyclic) bond motifs is 1. The minimum absolute atomic E-state index is 0.121. The van der Waals surface area contributed by atoms with Crippen LogP contribution in [0.1, 0.15) is 55.7 Å². The molecule has 2 aliphatic heterocycles. The van der Waals surface area contributed by atoms with E-state index in [9.17, 15) is 24.4 Å². The van der Waals surface area contributed by atoms with Gasteiger partial charge in [0, 0.05) is 101 Å². The molecule has 2 saturated heterocycles. The van der Waals surface area contributed by atoms with Gasteiger partial charge in [0.1, 0.15) is 25.2 Å². The van der Waals surface area contributed by atoms with Crippen LogP contribution in [-0.4, -0.2) is 148 Å². The number of aromatic nitrogens is 3. The van der Waals surface area contributed by atoms with Crippen molar-refractivity contribution < 1.29 is 24.0 Å². The molecule has 3 amide bonds. The lowest BCUT2D eigenvalue weighted by Gasteiger charge is -2.38. The molecule has 0 spiro atoms. The van der Waals surface area contributed by atoms with Gasteiger partial charge < -0.3 is 40.2 Å². The number of benzene rings is 2. The van der Waals surface area contributed by atoms with Crippen molar-refractivity contribution in [3.8, 4) is 6.07 Å². The van der Waals surface area contributed by atoms with Crippen molar-refractivity contribution >= 4 is 65.7 Å². The van der Waals surface area contributed by atoms with Crippen LogP contribution in [0, 0.1) is 31.1 Å². The second-order valence-corrected chi connectivity index (χ2v) is 16.3. The predicted molar refractivity (Wildman–Crippen MR) is 256 cm³/mol. The summed E-state index contributed by atoms with van der Waals surface area (Å²) in [6.07, 6.45) is 10.7. The largest absolute Gasteiger partial charge is 0.381 e. The minimum atomic E-state index is -0.903. The summed E-state index contributed by atoms with van der Waals surface area (Å²) in [7, 11) is 3.37. The number of nitriles is 1. The summed E-state index contributed by atoms with van der Waals surface area (Å²) in [5.41, 5.74) is 7.46. The number of piperazine rings is 1. The number of amides is 3. The van der Waals surface area contributed by atoms with Crippen LogP contribution >= 0.6 is 0 Å². The Hall–Kier alpha value is -6.51. The number of imide groups is 1. The van der Waals surface area contributed by atoms with Crippen LogP contribution in [0.25, 0.3) is 10.9 Å². The highest BCUT2D eigenvalue weighted by atomic mass is 16.2. The first-order valence-corrected chi connectivity index (χ1v) is 22.3. The fourth-order valence-corrected chi connectivity index (χ4v) is 8.30. The molecule has 65 heavy (non-hydrogen) atoms. The number of aldehydes is 1. The van der Waals surface area contributed by atoms with Gasteiger partial charge in [-0.3, -0.25) is 29.2 Å². The number of nitrogens with zero attached hydrogens (tertiary/aromatic N) is 9. The second-order valence-electron chi connectivity index (χ2n) is 16.3. The number of rotatable bonds is 20. The van der Waals surface area contributed by atoms with E-state index in [-0.39, 0.29) is 31.7 Å². The molecule has 0 bridgehead atoms. The average molecular weight is 891 g/mol. The van der Waals surface area contributed by atoms with Gasteiger partial charge in [-0.15, -0.1) is 0 Å². The molecule has 2 atom stereocenters. The number of pyridine rings is 1. The lowest BCUT2D eigenvalue weighted by Crippen LogP contribution is -2.47. The summed E-state index contributed by atoms with van der Waals surface area (Å²) in [4.78, 5) is 74.7. The van der Waals surface area contributed by atoms with E-state index in [1.54, 1.807) is 6.20 Å². The first-order chi connectivity index (χ1) is 31.6. The van der Waals surface area contributed by atoms with Crippen molar-refractivity contribution in [1.29, 1.82) is 5.26 Å². The zero-order chi connectivity index (χ0) is 47.1. The standard InChI is InChI=1S/C39H52N10.C8H12N2O4.CH2O/c1-29-7-9-35(24-30(29)2)47-22-20-46(21-23-47)16-11-32-12-17-48(18-13-32)39-44-27-34(28-45-39)42-15-19-49(31(3)26-41-4)37-10-8-33(25-40)38-36(37)6-5-14-43-38;1-9-8(14)7(3-2-4-11)10(5-12)6-13;1-2/h5-10,14,24,27-28,31-32,41-42H,11-13,15-23,26H2,1-4H3;4-7H,2-3H2,1H3,(H,9,14);1H2. The number of likely N-dealkylation sites (N-methyl/N-ethyl adjacent to an activating group) is 2. The normalized spacial score (nSPS) is 14.9. The predicted octanol–water partition coefficient (Wildman–Crippen LogP) is 3.98. The van der Waals surface area contributed by atoms with Crippen LogP contribution in [0.2, 0.25) is 0 Å². The van der Waals surface area contributed by atoms with Gasteiger partial charge in [0.2, 0.25) is 24.7 Å². The molecule has 3 N–H and O–H groups in total. The molecule has 17 nitrogen and oxygen atoms in total. The second kappa shape index (κ2) is 27.0. The first-order valence-electron chi connectivity index (χ1n) is 22.3. The van der Waals surface area contributed by atoms with E-state index in [4.69, 9.17) is 14.8 Å². The number of aryl methyl sites for hydroxylation is 2. The van der Waals surface area contributed by atoms with E-state index in [2.05, 4.69) is 91.6 Å². The SMILES string of the molecule is C=O.CNC(=O)C(CCC=O)N(C=O)C=O.CNCC(C)N(CCNc1cnc(N2CCC(CCN3CCN(c4ccc(C)c(C)c4)CC3)CC2)nc1)c1ccc(C#N)c2ncccc12. The maximum absolute atomic E-state index is 11.2. The third kappa shape index (κ3) is 14.5. The van der Waals surface area contributed by atoms with Crippen molar-refractivity contribution in [3.05, 3.63) is 77.7 Å².